The third kappa shape index (κ3) is 4.20. The SMILES string of the molecule is O=P(O)(O)O.O=c1[nH]c(=O)c2[nH]c(=O)[nH]c2[nH]1. The first-order chi connectivity index (χ1) is 7.66. The van der Waals surface area contributed by atoms with Gasteiger partial charge in [0.05, 0.1) is 0 Å². The van der Waals surface area contributed by atoms with E-state index in [1.165, 1.54) is 0 Å². The molecular weight excluding hydrogens is 259 g/mol. The van der Waals surface area contributed by atoms with Crippen molar-refractivity contribution in [3.05, 3.63) is 31.3 Å². The predicted octanol–water partition coefficient (Wildman–Crippen LogP) is -2.70. The van der Waals surface area contributed by atoms with Crippen molar-refractivity contribution in [2.75, 3.05) is 0 Å². The number of rotatable bonds is 0. The van der Waals surface area contributed by atoms with Crippen LogP contribution in [0.3, 0.4) is 0 Å². The number of hydrogen-bond acceptors (Lipinski definition) is 4. The molecule has 0 saturated carbocycles. The molecule has 2 heterocycles. The number of imidazole rings is 1. The Morgan fingerprint density at radius 2 is 1.24 bits per heavy atom. The standard InChI is InChI=1S/C5H4N4O3.H3O4P/c10-3-1-2(7-4(11)6-1)8-5(12)9-3;1-5(2,3)4/h(H4,6,7,8,9,10,11,12);(H3,1,2,3,4). The fourth-order valence-electron chi connectivity index (χ4n) is 0.958. The number of fused-ring (bicyclic) bond motifs is 1. The smallest absolute Gasteiger partial charge is 0.303 e. The van der Waals surface area contributed by atoms with Crippen LogP contribution in [0.5, 0.6) is 0 Å². The average Bonchev–Trinajstić information content (AvgIpc) is 2.42. The van der Waals surface area contributed by atoms with Crippen LogP contribution in [0.4, 0.5) is 0 Å². The van der Waals surface area contributed by atoms with Crippen LogP contribution in [-0.4, -0.2) is 34.6 Å². The number of aromatic amines is 4. The molecule has 2 rings (SSSR count). The Kier molecular flexibility index (Phi) is 3.48. The van der Waals surface area contributed by atoms with Gasteiger partial charge in [0.2, 0.25) is 0 Å². The molecule has 17 heavy (non-hydrogen) atoms. The van der Waals surface area contributed by atoms with Crippen LogP contribution in [-0.2, 0) is 4.57 Å². The average molecular weight is 266 g/mol. The molecule has 0 aliphatic rings. The second-order valence-electron chi connectivity index (χ2n) is 2.75. The van der Waals surface area contributed by atoms with Gasteiger partial charge in [-0.25, -0.2) is 14.2 Å². The van der Waals surface area contributed by atoms with Crippen LogP contribution < -0.4 is 16.9 Å². The van der Waals surface area contributed by atoms with E-state index in [2.05, 4.69) is 15.0 Å². The summed E-state index contributed by atoms with van der Waals surface area (Å²) in [5.74, 6) is 0. The zero-order chi connectivity index (χ0) is 13.2. The van der Waals surface area contributed by atoms with Gasteiger partial charge in [0.1, 0.15) is 11.2 Å². The number of nitrogens with one attached hydrogen (secondary N) is 4. The zero-order valence-electron chi connectivity index (χ0n) is 7.92. The fourth-order valence-corrected chi connectivity index (χ4v) is 0.958. The molecule has 0 radical (unpaired) electrons. The maximum absolute atomic E-state index is 10.9. The van der Waals surface area contributed by atoms with Gasteiger partial charge in [0.15, 0.2) is 0 Å². The highest BCUT2D eigenvalue weighted by Gasteiger charge is 2.02. The Balaban J connectivity index is 0.000000249. The van der Waals surface area contributed by atoms with E-state index in [1.54, 1.807) is 0 Å². The van der Waals surface area contributed by atoms with E-state index in [-0.39, 0.29) is 11.2 Å². The maximum atomic E-state index is 10.9. The molecule has 0 bridgehead atoms. The van der Waals surface area contributed by atoms with Crippen LogP contribution in [0.15, 0.2) is 14.4 Å². The van der Waals surface area contributed by atoms with Gasteiger partial charge in [-0.3, -0.25) is 24.7 Å². The van der Waals surface area contributed by atoms with E-state index in [1.807, 2.05) is 4.98 Å². The molecule has 0 aliphatic carbocycles. The molecule has 12 heteroatoms. The number of H-pyrrole nitrogens is 4. The molecule has 94 valence electrons. The van der Waals surface area contributed by atoms with Crippen LogP contribution in [0.1, 0.15) is 0 Å². The molecule has 0 atom stereocenters. The highest BCUT2D eigenvalue weighted by molar-refractivity contribution is 7.45. The fraction of sp³-hybridized carbons (Fsp3) is 0. The second-order valence-corrected chi connectivity index (χ2v) is 3.78. The lowest BCUT2D eigenvalue weighted by molar-refractivity contribution is 0.275. The Bertz CT molecular complexity index is 721. The summed E-state index contributed by atoms with van der Waals surface area (Å²) in [5.41, 5.74) is -1.65. The van der Waals surface area contributed by atoms with Crippen molar-refractivity contribution in [1.29, 1.82) is 0 Å². The number of phosphoric acid groups is 1. The van der Waals surface area contributed by atoms with E-state index in [4.69, 9.17) is 19.2 Å². The van der Waals surface area contributed by atoms with E-state index >= 15 is 0 Å². The third-order valence-corrected chi connectivity index (χ3v) is 1.42. The van der Waals surface area contributed by atoms with Crippen molar-refractivity contribution < 1.29 is 19.2 Å². The van der Waals surface area contributed by atoms with Gasteiger partial charge in [-0.1, -0.05) is 0 Å². The molecular formula is C5H7N4O7P. The molecule has 0 amide bonds. The highest BCUT2D eigenvalue weighted by Crippen LogP contribution is 2.25. The molecule has 0 aromatic carbocycles. The molecule has 0 spiro atoms. The first kappa shape index (κ1) is 13.1. The largest absolute Gasteiger partial charge is 0.466 e. The van der Waals surface area contributed by atoms with Gasteiger partial charge in [0, 0.05) is 0 Å². The van der Waals surface area contributed by atoms with Crippen LogP contribution >= 0.6 is 7.82 Å². The summed E-state index contributed by atoms with van der Waals surface area (Å²) in [6.45, 7) is 0. The maximum Gasteiger partial charge on any atom is 0.466 e. The predicted molar refractivity (Wildman–Crippen MR) is 54.4 cm³/mol. The molecule has 0 saturated heterocycles. The topological polar surface area (TPSA) is 192 Å². The van der Waals surface area contributed by atoms with Gasteiger partial charge in [-0.2, -0.15) is 0 Å². The lowest BCUT2D eigenvalue weighted by atomic mass is 10.5. The molecule has 0 unspecified atom stereocenters. The van der Waals surface area contributed by atoms with Gasteiger partial charge < -0.3 is 14.7 Å². The Morgan fingerprint density at radius 1 is 0.824 bits per heavy atom. The molecule has 0 fully saturated rings. The van der Waals surface area contributed by atoms with Crippen molar-refractivity contribution in [2.45, 2.75) is 0 Å². The summed E-state index contributed by atoms with van der Waals surface area (Å²) in [7, 11) is -4.64. The molecule has 0 aliphatic heterocycles. The Hall–Kier alpha value is -1.94. The summed E-state index contributed by atoms with van der Waals surface area (Å²) in [5, 5.41) is 0. The minimum Gasteiger partial charge on any atom is -0.303 e. The molecule has 2 aromatic rings. The number of hydrogen-bond donors (Lipinski definition) is 7. The van der Waals surface area contributed by atoms with Crippen molar-refractivity contribution in [1.82, 2.24) is 19.9 Å². The molecule has 11 nitrogen and oxygen atoms in total. The summed E-state index contributed by atoms with van der Waals surface area (Å²) in [6, 6.07) is 0. The second kappa shape index (κ2) is 4.51. The van der Waals surface area contributed by atoms with Crippen molar-refractivity contribution in [3.8, 4) is 0 Å². The van der Waals surface area contributed by atoms with E-state index in [9.17, 15) is 14.4 Å². The quantitative estimate of drug-likeness (QED) is 0.252. The lowest BCUT2D eigenvalue weighted by Crippen LogP contribution is -2.21. The monoisotopic (exact) mass is 266 g/mol. The Labute approximate surface area is 90.4 Å². The van der Waals surface area contributed by atoms with Gasteiger partial charge >= 0.3 is 19.2 Å². The first-order valence-electron chi connectivity index (χ1n) is 3.89. The van der Waals surface area contributed by atoms with Gasteiger partial charge in [-0.05, 0) is 0 Å². The Morgan fingerprint density at radius 3 is 1.71 bits per heavy atom. The summed E-state index contributed by atoms with van der Waals surface area (Å²) in [4.78, 5) is 62.5. The van der Waals surface area contributed by atoms with Crippen molar-refractivity contribution >= 4 is 19.0 Å². The van der Waals surface area contributed by atoms with Gasteiger partial charge in [0.25, 0.3) is 5.56 Å². The van der Waals surface area contributed by atoms with Crippen molar-refractivity contribution in [2.24, 2.45) is 0 Å². The molecule has 7 N–H and O–H groups in total. The van der Waals surface area contributed by atoms with E-state index in [0.717, 1.165) is 0 Å². The van der Waals surface area contributed by atoms with Crippen LogP contribution in [0.25, 0.3) is 11.2 Å². The summed E-state index contributed by atoms with van der Waals surface area (Å²) in [6.07, 6.45) is 0. The first-order valence-corrected chi connectivity index (χ1v) is 5.46. The van der Waals surface area contributed by atoms with Crippen molar-refractivity contribution in [3.63, 3.8) is 0 Å². The zero-order valence-corrected chi connectivity index (χ0v) is 8.82. The van der Waals surface area contributed by atoms with E-state index in [0.29, 0.717) is 0 Å². The van der Waals surface area contributed by atoms with Crippen LogP contribution in [0, 0.1) is 0 Å². The normalized spacial score (nSPS) is 11.0. The minimum atomic E-state index is -4.64. The minimum absolute atomic E-state index is 0.0413. The number of aromatic nitrogens is 4. The summed E-state index contributed by atoms with van der Waals surface area (Å²) < 4.78 is 8.88. The van der Waals surface area contributed by atoms with Crippen LogP contribution in [0.2, 0.25) is 0 Å². The third-order valence-electron chi connectivity index (χ3n) is 1.42. The summed E-state index contributed by atoms with van der Waals surface area (Å²) >= 11 is 0. The highest BCUT2D eigenvalue weighted by atomic mass is 31.2. The lowest BCUT2D eigenvalue weighted by Gasteiger charge is -1.83. The van der Waals surface area contributed by atoms with E-state index < -0.39 is 24.8 Å². The molecule has 2 aromatic heterocycles. The van der Waals surface area contributed by atoms with Gasteiger partial charge in [-0.15, -0.1) is 0 Å².